The van der Waals surface area contributed by atoms with Crippen molar-refractivity contribution < 1.29 is 13.2 Å². The van der Waals surface area contributed by atoms with Crippen LogP contribution < -0.4 is 10.5 Å². The number of sulfonamides is 1. The lowest BCUT2D eigenvalue weighted by Gasteiger charge is -2.21. The number of nitrogens with two attached hydrogens (primary N) is 1. The van der Waals surface area contributed by atoms with E-state index in [1.165, 1.54) is 12.1 Å². The Morgan fingerprint density at radius 3 is 2.85 bits per heavy atom. The van der Waals surface area contributed by atoms with Crippen LogP contribution in [0.25, 0.3) is 0 Å². The van der Waals surface area contributed by atoms with Gasteiger partial charge in [0, 0.05) is 6.54 Å². The van der Waals surface area contributed by atoms with Crippen molar-refractivity contribution in [3.05, 3.63) is 29.8 Å². The third-order valence-corrected chi connectivity index (χ3v) is 5.81. The first-order chi connectivity index (χ1) is 9.31. The van der Waals surface area contributed by atoms with Crippen molar-refractivity contribution >= 4 is 27.7 Å². The van der Waals surface area contributed by atoms with E-state index in [-0.39, 0.29) is 15.5 Å². The van der Waals surface area contributed by atoms with Gasteiger partial charge in [-0.25, -0.2) is 13.6 Å². The van der Waals surface area contributed by atoms with E-state index < -0.39 is 10.0 Å². The molecule has 1 aromatic carbocycles. The second-order valence-electron chi connectivity index (χ2n) is 5.06. The number of nitrogens with one attached hydrogen (secondary N) is 1. The molecule has 1 fully saturated rings. The van der Waals surface area contributed by atoms with Crippen molar-refractivity contribution in [1.82, 2.24) is 5.32 Å². The van der Waals surface area contributed by atoms with E-state index in [1.807, 2.05) is 6.92 Å². The van der Waals surface area contributed by atoms with Gasteiger partial charge in [0.2, 0.25) is 15.9 Å². The van der Waals surface area contributed by atoms with Crippen molar-refractivity contribution in [2.24, 2.45) is 5.14 Å². The number of thioether (sulfide) groups is 1. The van der Waals surface area contributed by atoms with E-state index in [4.69, 9.17) is 5.14 Å². The molecule has 0 aromatic heterocycles. The quantitative estimate of drug-likeness (QED) is 0.875. The molecule has 1 atom stereocenters. The lowest BCUT2D eigenvalue weighted by molar-refractivity contribution is -0.123. The highest BCUT2D eigenvalue weighted by Crippen LogP contribution is 2.37. The summed E-state index contributed by atoms with van der Waals surface area (Å²) >= 11 is 1.67. The van der Waals surface area contributed by atoms with Crippen LogP contribution >= 0.6 is 11.8 Å². The third kappa shape index (κ3) is 3.53. The van der Waals surface area contributed by atoms with E-state index in [0.29, 0.717) is 6.54 Å². The predicted molar refractivity (Wildman–Crippen MR) is 79.8 cm³/mol. The van der Waals surface area contributed by atoms with Gasteiger partial charge in [0.25, 0.3) is 0 Å². The summed E-state index contributed by atoms with van der Waals surface area (Å²) in [4.78, 5) is 12.2. The molecule has 110 valence electrons. The lowest BCUT2D eigenvalue weighted by Crippen LogP contribution is -2.39. The standard InChI is InChI=1S/C13H18N2O3S2/c1-13(6-3-7-19-13)12(16)15-9-10-4-2-5-11(8-10)20(14,17)18/h2,4-5,8H,3,6-7,9H2,1H3,(H,15,16)(H2,14,17,18). The molecule has 1 unspecified atom stereocenters. The summed E-state index contributed by atoms with van der Waals surface area (Å²) < 4.78 is 22.2. The minimum absolute atomic E-state index is 0.000934. The average Bonchev–Trinajstić information content (AvgIpc) is 2.83. The molecule has 1 aliphatic rings. The maximum Gasteiger partial charge on any atom is 0.238 e. The number of benzene rings is 1. The van der Waals surface area contributed by atoms with Gasteiger partial charge in [0.05, 0.1) is 9.64 Å². The highest BCUT2D eigenvalue weighted by Gasteiger charge is 2.36. The molecule has 5 nitrogen and oxygen atoms in total. The van der Waals surface area contributed by atoms with Crippen molar-refractivity contribution in [2.45, 2.75) is 36.0 Å². The zero-order valence-corrected chi connectivity index (χ0v) is 12.9. The number of amides is 1. The highest BCUT2D eigenvalue weighted by molar-refractivity contribution is 8.01. The Morgan fingerprint density at radius 2 is 2.25 bits per heavy atom. The predicted octanol–water partition coefficient (Wildman–Crippen LogP) is 1.24. The fourth-order valence-corrected chi connectivity index (χ4v) is 3.97. The van der Waals surface area contributed by atoms with Crippen LogP contribution in [0.1, 0.15) is 25.3 Å². The number of primary sulfonamides is 1. The minimum Gasteiger partial charge on any atom is -0.351 e. The molecule has 1 aromatic rings. The van der Waals surface area contributed by atoms with Gasteiger partial charge in [0.1, 0.15) is 0 Å². The molecule has 20 heavy (non-hydrogen) atoms. The molecule has 1 saturated heterocycles. The van der Waals surface area contributed by atoms with E-state index in [1.54, 1.807) is 23.9 Å². The third-order valence-electron chi connectivity index (χ3n) is 3.38. The van der Waals surface area contributed by atoms with Crippen molar-refractivity contribution in [1.29, 1.82) is 0 Å². The van der Waals surface area contributed by atoms with E-state index in [9.17, 15) is 13.2 Å². The van der Waals surface area contributed by atoms with Gasteiger partial charge in [-0.05, 0) is 43.2 Å². The monoisotopic (exact) mass is 314 g/mol. The molecule has 0 radical (unpaired) electrons. The summed E-state index contributed by atoms with van der Waals surface area (Å²) in [6.07, 6.45) is 1.93. The molecule has 1 heterocycles. The Hall–Kier alpha value is -1.05. The number of hydrogen-bond donors (Lipinski definition) is 2. The van der Waals surface area contributed by atoms with Crippen LogP contribution in [0.4, 0.5) is 0 Å². The van der Waals surface area contributed by atoms with Gasteiger partial charge in [0.15, 0.2) is 0 Å². The Morgan fingerprint density at radius 1 is 1.50 bits per heavy atom. The number of carbonyl (C=O) groups excluding carboxylic acids is 1. The fourth-order valence-electron chi connectivity index (χ4n) is 2.16. The Balaban J connectivity index is 2.03. The first-order valence-electron chi connectivity index (χ1n) is 6.35. The fraction of sp³-hybridized carbons (Fsp3) is 0.462. The van der Waals surface area contributed by atoms with Crippen molar-refractivity contribution in [2.75, 3.05) is 5.75 Å². The van der Waals surface area contributed by atoms with Crippen molar-refractivity contribution in [3.63, 3.8) is 0 Å². The second kappa shape index (κ2) is 5.75. The van der Waals surface area contributed by atoms with Crippen molar-refractivity contribution in [3.8, 4) is 0 Å². The summed E-state index contributed by atoms with van der Waals surface area (Å²) in [6, 6.07) is 6.31. The van der Waals surface area contributed by atoms with Gasteiger partial charge in [-0.1, -0.05) is 12.1 Å². The van der Waals surface area contributed by atoms with Crippen LogP contribution in [-0.2, 0) is 21.4 Å². The summed E-state index contributed by atoms with van der Waals surface area (Å²) in [5.41, 5.74) is 0.719. The second-order valence-corrected chi connectivity index (χ2v) is 8.22. The molecular weight excluding hydrogens is 296 g/mol. The van der Waals surface area contributed by atoms with E-state index in [2.05, 4.69) is 5.32 Å². The maximum atomic E-state index is 12.1. The first kappa shape index (κ1) is 15.3. The van der Waals surface area contributed by atoms with Crippen LogP contribution in [0, 0.1) is 0 Å². The van der Waals surface area contributed by atoms with Crippen LogP contribution in [0.3, 0.4) is 0 Å². The summed E-state index contributed by atoms with van der Waals surface area (Å²) in [6.45, 7) is 2.25. The van der Waals surface area contributed by atoms with Gasteiger partial charge in [-0.2, -0.15) is 0 Å². The Labute approximate surface area is 123 Å². The molecule has 3 N–H and O–H groups in total. The summed E-state index contributed by atoms with van der Waals surface area (Å²) in [5.74, 6) is 1.01. The number of carbonyl (C=O) groups is 1. The zero-order valence-electron chi connectivity index (χ0n) is 11.3. The lowest BCUT2D eigenvalue weighted by atomic mass is 10.0. The Bertz CT molecular complexity index is 608. The van der Waals surface area contributed by atoms with Crippen LogP contribution in [0.15, 0.2) is 29.2 Å². The normalized spacial score (nSPS) is 22.7. The summed E-state index contributed by atoms with van der Waals surface area (Å²) in [5, 5.41) is 7.95. The van der Waals surface area contributed by atoms with Gasteiger partial charge >= 0.3 is 0 Å². The first-order valence-corrected chi connectivity index (χ1v) is 8.88. The van der Waals surface area contributed by atoms with Crippen LogP contribution in [0.5, 0.6) is 0 Å². The maximum absolute atomic E-state index is 12.1. The molecule has 0 spiro atoms. The molecule has 0 saturated carbocycles. The average molecular weight is 314 g/mol. The highest BCUT2D eigenvalue weighted by atomic mass is 32.2. The molecular formula is C13H18N2O3S2. The smallest absolute Gasteiger partial charge is 0.238 e. The molecule has 7 heteroatoms. The van der Waals surface area contributed by atoms with Gasteiger partial charge in [-0.15, -0.1) is 11.8 Å². The number of hydrogen-bond acceptors (Lipinski definition) is 4. The molecule has 0 aliphatic carbocycles. The summed E-state index contributed by atoms with van der Waals surface area (Å²) in [7, 11) is -3.71. The zero-order chi connectivity index (χ0) is 14.8. The van der Waals surface area contributed by atoms with Gasteiger partial charge < -0.3 is 5.32 Å². The van der Waals surface area contributed by atoms with Crippen LogP contribution in [-0.4, -0.2) is 24.8 Å². The van der Waals surface area contributed by atoms with Crippen LogP contribution in [0.2, 0.25) is 0 Å². The minimum atomic E-state index is -3.71. The molecule has 2 rings (SSSR count). The largest absolute Gasteiger partial charge is 0.351 e. The number of rotatable bonds is 4. The van der Waals surface area contributed by atoms with E-state index >= 15 is 0 Å². The molecule has 0 bridgehead atoms. The topological polar surface area (TPSA) is 89.3 Å². The van der Waals surface area contributed by atoms with Gasteiger partial charge in [-0.3, -0.25) is 4.79 Å². The molecule has 1 aliphatic heterocycles. The Kier molecular flexibility index (Phi) is 4.41. The molecule has 1 amide bonds. The SMILES string of the molecule is CC1(C(=O)NCc2cccc(S(N)(=O)=O)c2)CCCS1. The van der Waals surface area contributed by atoms with E-state index in [0.717, 1.165) is 24.2 Å².